The van der Waals surface area contributed by atoms with Crippen LogP contribution in [-0.4, -0.2) is 17.3 Å². The van der Waals surface area contributed by atoms with E-state index >= 15 is 0 Å². The lowest BCUT2D eigenvalue weighted by molar-refractivity contribution is 0.340. The summed E-state index contributed by atoms with van der Waals surface area (Å²) in [6.07, 6.45) is 0. The van der Waals surface area contributed by atoms with E-state index < -0.39 is 0 Å². The van der Waals surface area contributed by atoms with Crippen molar-refractivity contribution in [3.05, 3.63) is 60.2 Å². The van der Waals surface area contributed by atoms with Gasteiger partial charge in [-0.05, 0) is 50.2 Å². The van der Waals surface area contributed by atoms with Crippen LogP contribution in [-0.2, 0) is 0 Å². The molecule has 2 N–H and O–H groups in total. The summed E-state index contributed by atoms with van der Waals surface area (Å²) in [5, 5.41) is 12.3. The number of fused-ring (bicyclic) bond motifs is 1. The highest BCUT2D eigenvalue weighted by atomic mass is 16.5. The van der Waals surface area contributed by atoms with Gasteiger partial charge in [0.25, 0.3) is 0 Å². The number of ether oxygens (including phenoxy) is 1. The van der Waals surface area contributed by atoms with Gasteiger partial charge in [0.2, 0.25) is 0 Å². The molecular weight excluding hydrogens is 286 g/mol. The number of benzene rings is 2. The molecule has 0 aliphatic rings. The molecule has 1 heterocycles. The first-order valence-electron chi connectivity index (χ1n) is 7.62. The molecule has 3 aromatic rings. The predicted octanol–water partition coefficient (Wildman–Crippen LogP) is 4.76. The van der Waals surface area contributed by atoms with E-state index in [1.807, 2.05) is 61.5 Å². The van der Waals surface area contributed by atoms with Gasteiger partial charge in [-0.2, -0.15) is 0 Å². The Labute approximate surface area is 135 Å². The van der Waals surface area contributed by atoms with Crippen molar-refractivity contribution in [1.29, 1.82) is 5.41 Å². The van der Waals surface area contributed by atoms with Crippen LogP contribution >= 0.6 is 0 Å². The van der Waals surface area contributed by atoms with Crippen LogP contribution in [0.25, 0.3) is 10.9 Å². The smallest absolute Gasteiger partial charge is 0.140 e. The van der Waals surface area contributed by atoms with E-state index in [9.17, 15) is 0 Å². The van der Waals surface area contributed by atoms with Crippen LogP contribution in [0, 0.1) is 5.41 Å². The second-order valence-electron chi connectivity index (χ2n) is 5.29. The van der Waals surface area contributed by atoms with Gasteiger partial charge in [-0.3, -0.25) is 0 Å². The molecule has 2 aromatic carbocycles. The highest BCUT2D eigenvalue weighted by Gasteiger charge is 2.10. The summed E-state index contributed by atoms with van der Waals surface area (Å²) in [6.45, 7) is 4.36. The Bertz CT molecular complexity index is 844. The molecule has 116 valence electrons. The molecule has 4 heteroatoms. The quantitative estimate of drug-likeness (QED) is 0.668. The van der Waals surface area contributed by atoms with Crippen molar-refractivity contribution in [2.45, 2.75) is 13.8 Å². The molecule has 0 unspecified atom stereocenters. The topological polar surface area (TPSA) is 58.0 Å². The summed E-state index contributed by atoms with van der Waals surface area (Å²) in [4.78, 5) is 4.69. The highest BCUT2D eigenvalue weighted by Crippen LogP contribution is 2.26. The summed E-state index contributed by atoms with van der Waals surface area (Å²) in [7, 11) is 0. The lowest BCUT2D eigenvalue weighted by Gasteiger charge is -2.13. The van der Waals surface area contributed by atoms with Crippen molar-refractivity contribution < 1.29 is 4.74 Å². The fourth-order valence-electron chi connectivity index (χ4n) is 2.45. The van der Waals surface area contributed by atoms with Crippen LogP contribution in [0.15, 0.2) is 54.6 Å². The van der Waals surface area contributed by atoms with Crippen LogP contribution in [0.5, 0.6) is 5.75 Å². The van der Waals surface area contributed by atoms with E-state index in [0.29, 0.717) is 18.1 Å². The SMILES string of the molecule is CCOc1ccc2nc(Nc3ccccc3)c(C(C)=N)cc2c1. The molecule has 0 atom stereocenters. The number of anilines is 2. The van der Waals surface area contributed by atoms with E-state index in [0.717, 1.165) is 27.9 Å². The third-order valence-electron chi connectivity index (χ3n) is 3.54. The van der Waals surface area contributed by atoms with E-state index in [-0.39, 0.29) is 0 Å². The van der Waals surface area contributed by atoms with E-state index in [4.69, 9.17) is 10.1 Å². The summed E-state index contributed by atoms with van der Waals surface area (Å²) in [5.41, 5.74) is 3.08. The molecule has 0 bridgehead atoms. The number of pyridine rings is 1. The lowest BCUT2D eigenvalue weighted by atomic mass is 10.1. The van der Waals surface area contributed by atoms with Crippen LogP contribution < -0.4 is 10.1 Å². The fourth-order valence-corrected chi connectivity index (χ4v) is 2.45. The Morgan fingerprint density at radius 1 is 1.13 bits per heavy atom. The van der Waals surface area contributed by atoms with Gasteiger partial charge in [-0.1, -0.05) is 18.2 Å². The Morgan fingerprint density at radius 3 is 2.61 bits per heavy atom. The Kier molecular flexibility index (Phi) is 4.24. The van der Waals surface area contributed by atoms with Gasteiger partial charge in [0.1, 0.15) is 11.6 Å². The van der Waals surface area contributed by atoms with Gasteiger partial charge in [0.05, 0.1) is 12.1 Å². The molecule has 1 aromatic heterocycles. The second kappa shape index (κ2) is 6.48. The standard InChI is InChI=1S/C19H19N3O/c1-3-23-16-9-10-18-14(11-16)12-17(13(2)20)19(22-18)21-15-7-5-4-6-8-15/h4-12,20H,3H2,1-2H3,(H,21,22). The summed E-state index contributed by atoms with van der Waals surface area (Å²) in [5.74, 6) is 1.51. The number of hydrogen-bond acceptors (Lipinski definition) is 4. The van der Waals surface area contributed by atoms with Gasteiger partial charge < -0.3 is 15.5 Å². The zero-order valence-electron chi connectivity index (χ0n) is 13.3. The highest BCUT2D eigenvalue weighted by molar-refractivity contribution is 6.04. The van der Waals surface area contributed by atoms with Crippen LogP contribution in [0.4, 0.5) is 11.5 Å². The number of aromatic nitrogens is 1. The maximum Gasteiger partial charge on any atom is 0.140 e. The van der Waals surface area contributed by atoms with E-state index in [1.54, 1.807) is 6.92 Å². The molecule has 0 amide bonds. The fraction of sp³-hybridized carbons (Fsp3) is 0.158. The molecule has 0 aliphatic heterocycles. The number of para-hydroxylation sites is 1. The number of nitrogens with zero attached hydrogens (tertiary/aromatic N) is 1. The number of rotatable bonds is 5. The Morgan fingerprint density at radius 2 is 1.91 bits per heavy atom. The van der Waals surface area contributed by atoms with Crippen molar-refractivity contribution in [3.8, 4) is 5.75 Å². The monoisotopic (exact) mass is 305 g/mol. The maximum absolute atomic E-state index is 8.04. The summed E-state index contributed by atoms with van der Waals surface area (Å²) < 4.78 is 5.54. The molecule has 0 fully saturated rings. The van der Waals surface area contributed by atoms with Gasteiger partial charge in [-0.15, -0.1) is 0 Å². The Hall–Kier alpha value is -2.88. The zero-order chi connectivity index (χ0) is 16.2. The van der Waals surface area contributed by atoms with Crippen molar-refractivity contribution in [1.82, 2.24) is 4.98 Å². The minimum absolute atomic E-state index is 0.472. The van der Waals surface area contributed by atoms with Crippen molar-refractivity contribution >= 4 is 28.1 Å². The van der Waals surface area contributed by atoms with Crippen LogP contribution in [0.1, 0.15) is 19.4 Å². The number of nitrogens with one attached hydrogen (secondary N) is 2. The average molecular weight is 305 g/mol. The molecular formula is C19H19N3O. The van der Waals surface area contributed by atoms with Gasteiger partial charge in [-0.25, -0.2) is 4.98 Å². The minimum atomic E-state index is 0.472. The second-order valence-corrected chi connectivity index (χ2v) is 5.29. The van der Waals surface area contributed by atoms with Crippen LogP contribution in [0.2, 0.25) is 0 Å². The van der Waals surface area contributed by atoms with Crippen molar-refractivity contribution in [2.75, 3.05) is 11.9 Å². The molecule has 4 nitrogen and oxygen atoms in total. The lowest BCUT2D eigenvalue weighted by Crippen LogP contribution is -2.03. The zero-order valence-corrected chi connectivity index (χ0v) is 13.3. The van der Waals surface area contributed by atoms with Gasteiger partial charge in [0, 0.05) is 22.3 Å². The summed E-state index contributed by atoms with van der Waals surface area (Å²) >= 11 is 0. The van der Waals surface area contributed by atoms with E-state index in [1.165, 1.54) is 0 Å². The third-order valence-corrected chi connectivity index (χ3v) is 3.54. The van der Waals surface area contributed by atoms with Gasteiger partial charge >= 0.3 is 0 Å². The third kappa shape index (κ3) is 3.31. The minimum Gasteiger partial charge on any atom is -0.494 e. The normalized spacial score (nSPS) is 10.5. The molecule has 0 aliphatic carbocycles. The first kappa shape index (κ1) is 15.0. The molecule has 0 radical (unpaired) electrons. The van der Waals surface area contributed by atoms with Crippen molar-refractivity contribution in [3.63, 3.8) is 0 Å². The van der Waals surface area contributed by atoms with Crippen molar-refractivity contribution in [2.24, 2.45) is 0 Å². The maximum atomic E-state index is 8.04. The Balaban J connectivity index is 2.07. The molecule has 23 heavy (non-hydrogen) atoms. The predicted molar refractivity (Wildman–Crippen MR) is 95.1 cm³/mol. The molecule has 0 saturated carbocycles. The first-order valence-corrected chi connectivity index (χ1v) is 7.62. The molecule has 3 rings (SSSR count). The largest absolute Gasteiger partial charge is 0.494 e. The summed E-state index contributed by atoms with van der Waals surface area (Å²) in [6, 6.07) is 17.7. The average Bonchev–Trinajstić information content (AvgIpc) is 2.55. The van der Waals surface area contributed by atoms with Gasteiger partial charge in [0.15, 0.2) is 0 Å². The molecule has 0 saturated heterocycles. The van der Waals surface area contributed by atoms with E-state index in [2.05, 4.69) is 10.3 Å². The molecule has 0 spiro atoms. The first-order chi connectivity index (χ1) is 11.2. The van der Waals surface area contributed by atoms with Crippen LogP contribution in [0.3, 0.4) is 0 Å². The number of hydrogen-bond donors (Lipinski definition) is 2.